The largest absolute Gasteiger partial charge is 0.387 e. The first kappa shape index (κ1) is 10.2. The van der Waals surface area contributed by atoms with Crippen LogP contribution in [0, 0.1) is 0 Å². The first-order valence-electron chi connectivity index (χ1n) is 4.48. The van der Waals surface area contributed by atoms with Gasteiger partial charge in [-0.05, 0) is 13.0 Å². The number of hydrogen-bond donors (Lipinski definition) is 1. The number of aliphatic hydroxyl groups excluding tert-OH is 1. The summed E-state index contributed by atoms with van der Waals surface area (Å²) in [6.45, 7) is 3.35. The highest BCUT2D eigenvalue weighted by Gasteiger charge is 2.11. The van der Waals surface area contributed by atoms with E-state index in [1.54, 1.807) is 18.0 Å². The Hall–Kier alpha value is -0.870. The molecule has 1 unspecified atom stereocenters. The molecule has 0 saturated carbocycles. The van der Waals surface area contributed by atoms with Crippen molar-refractivity contribution in [3.05, 3.63) is 18.0 Å². The Morgan fingerprint density at radius 1 is 1.69 bits per heavy atom. The summed E-state index contributed by atoms with van der Waals surface area (Å²) in [5, 5.41) is 13.8. The average molecular weight is 184 g/mol. The van der Waals surface area contributed by atoms with Crippen LogP contribution in [-0.4, -0.2) is 28.6 Å². The fraction of sp³-hybridized carbons (Fsp3) is 0.667. The van der Waals surface area contributed by atoms with E-state index >= 15 is 0 Å². The van der Waals surface area contributed by atoms with E-state index in [0.717, 1.165) is 12.2 Å². The van der Waals surface area contributed by atoms with E-state index in [1.165, 1.54) is 0 Å². The Bertz CT molecular complexity index is 248. The monoisotopic (exact) mass is 184 g/mol. The van der Waals surface area contributed by atoms with E-state index in [-0.39, 0.29) is 0 Å². The van der Waals surface area contributed by atoms with Gasteiger partial charge in [-0.25, -0.2) is 0 Å². The van der Waals surface area contributed by atoms with Crippen LogP contribution in [0.15, 0.2) is 12.3 Å². The maximum Gasteiger partial charge on any atom is 0.0978 e. The molecule has 0 aliphatic rings. The summed E-state index contributed by atoms with van der Waals surface area (Å²) >= 11 is 0. The summed E-state index contributed by atoms with van der Waals surface area (Å²) in [6, 6.07) is 1.84. The lowest BCUT2D eigenvalue weighted by Crippen LogP contribution is -2.09. The molecule has 1 aromatic heterocycles. The summed E-state index contributed by atoms with van der Waals surface area (Å²) < 4.78 is 6.69. The second-order valence-electron chi connectivity index (χ2n) is 2.87. The second-order valence-corrected chi connectivity index (χ2v) is 2.87. The van der Waals surface area contributed by atoms with E-state index in [2.05, 4.69) is 5.10 Å². The minimum absolute atomic E-state index is 0.470. The van der Waals surface area contributed by atoms with Gasteiger partial charge in [-0.3, -0.25) is 4.68 Å². The van der Waals surface area contributed by atoms with Gasteiger partial charge >= 0.3 is 0 Å². The van der Waals surface area contributed by atoms with Gasteiger partial charge in [0.25, 0.3) is 0 Å². The molecule has 0 bridgehead atoms. The third-order valence-electron chi connectivity index (χ3n) is 1.99. The number of rotatable bonds is 5. The Morgan fingerprint density at radius 3 is 3.08 bits per heavy atom. The molecule has 74 valence electrons. The average Bonchev–Trinajstić information content (AvgIpc) is 2.61. The Balaban J connectivity index is 2.59. The third kappa shape index (κ3) is 2.54. The maximum absolute atomic E-state index is 9.71. The predicted octanol–water partition coefficient (Wildman–Crippen LogP) is 0.973. The number of aryl methyl sites for hydroxylation is 1. The van der Waals surface area contributed by atoms with Crippen molar-refractivity contribution < 1.29 is 9.84 Å². The third-order valence-corrected chi connectivity index (χ3v) is 1.99. The number of nitrogens with zero attached hydrogens (tertiary/aromatic N) is 2. The summed E-state index contributed by atoms with van der Waals surface area (Å²) in [6.07, 6.45) is 1.85. The highest BCUT2D eigenvalue weighted by Crippen LogP contribution is 2.15. The smallest absolute Gasteiger partial charge is 0.0978 e. The van der Waals surface area contributed by atoms with Crippen molar-refractivity contribution in [3.8, 4) is 0 Å². The lowest BCUT2D eigenvalue weighted by molar-refractivity contribution is 0.104. The Morgan fingerprint density at radius 2 is 2.46 bits per heavy atom. The fourth-order valence-corrected chi connectivity index (χ4v) is 1.27. The summed E-state index contributed by atoms with van der Waals surface area (Å²) in [5.41, 5.74) is 0.861. The Labute approximate surface area is 78.1 Å². The lowest BCUT2D eigenvalue weighted by atomic mass is 10.2. The highest BCUT2D eigenvalue weighted by molar-refractivity contribution is 5.04. The van der Waals surface area contributed by atoms with Gasteiger partial charge < -0.3 is 9.84 Å². The van der Waals surface area contributed by atoms with Crippen LogP contribution in [0.4, 0.5) is 0 Å². The number of ether oxygens (including phenoxy) is 1. The summed E-state index contributed by atoms with van der Waals surface area (Å²) in [7, 11) is 1.63. The van der Waals surface area contributed by atoms with Crippen molar-refractivity contribution in [3.63, 3.8) is 0 Å². The standard InChI is InChI=1S/C9H16N2O2/c1-3-11-8(4-6-10-11)9(12)5-7-13-2/h4,6,9,12H,3,5,7H2,1-2H3. The van der Waals surface area contributed by atoms with Gasteiger partial charge in [0.05, 0.1) is 11.8 Å². The van der Waals surface area contributed by atoms with Crippen LogP contribution in [0.1, 0.15) is 25.1 Å². The van der Waals surface area contributed by atoms with E-state index in [4.69, 9.17) is 4.74 Å². The predicted molar refractivity (Wildman–Crippen MR) is 49.4 cm³/mol. The molecule has 4 heteroatoms. The van der Waals surface area contributed by atoms with Crippen molar-refractivity contribution in [2.24, 2.45) is 0 Å². The summed E-state index contributed by atoms with van der Waals surface area (Å²) in [5.74, 6) is 0. The lowest BCUT2D eigenvalue weighted by Gasteiger charge is -2.11. The van der Waals surface area contributed by atoms with Gasteiger partial charge in [0.1, 0.15) is 0 Å². The molecule has 0 amide bonds. The molecule has 4 nitrogen and oxygen atoms in total. The quantitative estimate of drug-likeness (QED) is 0.741. The topological polar surface area (TPSA) is 47.3 Å². The van der Waals surface area contributed by atoms with Gasteiger partial charge in [0.2, 0.25) is 0 Å². The van der Waals surface area contributed by atoms with Gasteiger partial charge in [-0.2, -0.15) is 5.10 Å². The minimum Gasteiger partial charge on any atom is -0.387 e. The van der Waals surface area contributed by atoms with Gasteiger partial charge in [0, 0.05) is 32.9 Å². The van der Waals surface area contributed by atoms with Crippen LogP contribution in [0.2, 0.25) is 0 Å². The molecule has 1 aromatic rings. The summed E-state index contributed by atoms with van der Waals surface area (Å²) in [4.78, 5) is 0. The van der Waals surface area contributed by atoms with Crippen molar-refractivity contribution in [1.29, 1.82) is 0 Å². The van der Waals surface area contributed by atoms with E-state index in [9.17, 15) is 5.11 Å². The highest BCUT2D eigenvalue weighted by atomic mass is 16.5. The molecule has 0 radical (unpaired) electrons. The zero-order valence-corrected chi connectivity index (χ0v) is 8.10. The Kier molecular flexibility index (Phi) is 3.92. The van der Waals surface area contributed by atoms with Crippen molar-refractivity contribution >= 4 is 0 Å². The molecule has 0 spiro atoms. The normalized spacial score (nSPS) is 13.2. The molecule has 1 rings (SSSR count). The molecule has 13 heavy (non-hydrogen) atoms. The molecule has 0 aromatic carbocycles. The van der Waals surface area contributed by atoms with E-state index in [1.807, 2.05) is 13.0 Å². The molecular formula is C9H16N2O2. The van der Waals surface area contributed by atoms with Crippen molar-refractivity contribution in [2.75, 3.05) is 13.7 Å². The molecular weight excluding hydrogens is 168 g/mol. The number of methoxy groups -OCH3 is 1. The molecule has 0 saturated heterocycles. The number of aliphatic hydroxyl groups is 1. The molecule has 0 aliphatic heterocycles. The van der Waals surface area contributed by atoms with E-state index < -0.39 is 6.10 Å². The van der Waals surface area contributed by atoms with Crippen LogP contribution in [-0.2, 0) is 11.3 Å². The number of hydrogen-bond acceptors (Lipinski definition) is 3. The fourth-order valence-electron chi connectivity index (χ4n) is 1.27. The SMILES string of the molecule is CCn1nccc1C(O)CCOC. The van der Waals surface area contributed by atoms with E-state index in [0.29, 0.717) is 13.0 Å². The van der Waals surface area contributed by atoms with Gasteiger partial charge in [-0.15, -0.1) is 0 Å². The number of aromatic nitrogens is 2. The molecule has 1 atom stereocenters. The van der Waals surface area contributed by atoms with Crippen molar-refractivity contribution in [1.82, 2.24) is 9.78 Å². The minimum atomic E-state index is -0.470. The maximum atomic E-state index is 9.71. The van der Waals surface area contributed by atoms with Crippen LogP contribution in [0.5, 0.6) is 0 Å². The van der Waals surface area contributed by atoms with Gasteiger partial charge in [-0.1, -0.05) is 0 Å². The first-order valence-corrected chi connectivity index (χ1v) is 4.48. The van der Waals surface area contributed by atoms with Crippen LogP contribution in [0.25, 0.3) is 0 Å². The van der Waals surface area contributed by atoms with Crippen molar-refractivity contribution in [2.45, 2.75) is 26.0 Å². The zero-order valence-electron chi connectivity index (χ0n) is 8.10. The molecule has 1 N–H and O–H groups in total. The first-order chi connectivity index (χ1) is 6.29. The molecule has 0 aliphatic carbocycles. The zero-order chi connectivity index (χ0) is 9.68. The van der Waals surface area contributed by atoms with Crippen LogP contribution in [0.3, 0.4) is 0 Å². The van der Waals surface area contributed by atoms with Gasteiger partial charge in [0.15, 0.2) is 0 Å². The molecule has 1 heterocycles. The second kappa shape index (κ2) is 4.99. The molecule has 0 fully saturated rings. The van der Waals surface area contributed by atoms with Crippen LogP contribution >= 0.6 is 0 Å². The van der Waals surface area contributed by atoms with Crippen LogP contribution < -0.4 is 0 Å².